The van der Waals surface area contributed by atoms with Gasteiger partial charge in [0, 0.05) is 23.5 Å². The zero-order chi connectivity index (χ0) is 13.3. The number of cyclic esters (lactones) is 1. The number of nitro groups is 1. The second kappa shape index (κ2) is 4.69. The molecule has 1 aliphatic heterocycles. The van der Waals surface area contributed by atoms with Crippen LogP contribution >= 0.6 is 15.9 Å². The Morgan fingerprint density at radius 1 is 1.44 bits per heavy atom. The molecule has 0 aliphatic carbocycles. The molecular weight excluding hydrogens is 304 g/mol. The van der Waals surface area contributed by atoms with Crippen LogP contribution in [0.1, 0.15) is 12.5 Å². The van der Waals surface area contributed by atoms with Crippen molar-refractivity contribution < 1.29 is 14.5 Å². The van der Waals surface area contributed by atoms with Crippen LogP contribution in [0.5, 0.6) is 0 Å². The van der Waals surface area contributed by atoms with Crippen molar-refractivity contribution in [2.75, 3.05) is 0 Å². The summed E-state index contributed by atoms with van der Waals surface area (Å²) in [4.78, 5) is 25.4. The molecule has 0 radical (unpaired) electrons. The second-order valence-electron chi connectivity index (χ2n) is 3.55. The van der Waals surface area contributed by atoms with Crippen molar-refractivity contribution in [2.24, 2.45) is 4.99 Å². The molecule has 7 heteroatoms. The molecule has 18 heavy (non-hydrogen) atoms. The number of nitrogens with zero attached hydrogens (tertiary/aromatic N) is 2. The number of hydrogen-bond acceptors (Lipinski definition) is 5. The number of nitro benzene ring substituents is 1. The molecule has 0 amide bonds. The minimum atomic E-state index is -0.560. The van der Waals surface area contributed by atoms with Crippen LogP contribution in [0, 0.1) is 10.1 Å². The molecule has 0 fully saturated rings. The van der Waals surface area contributed by atoms with Crippen LogP contribution in [0.25, 0.3) is 6.08 Å². The van der Waals surface area contributed by atoms with E-state index in [1.807, 2.05) is 0 Å². The van der Waals surface area contributed by atoms with Gasteiger partial charge < -0.3 is 4.74 Å². The summed E-state index contributed by atoms with van der Waals surface area (Å²) < 4.78 is 5.30. The van der Waals surface area contributed by atoms with E-state index in [1.54, 1.807) is 13.0 Å². The molecule has 2 rings (SSSR count). The molecule has 0 saturated carbocycles. The lowest BCUT2D eigenvalue weighted by Gasteiger charge is -1.97. The molecule has 0 saturated heterocycles. The maximum atomic E-state index is 11.3. The van der Waals surface area contributed by atoms with Gasteiger partial charge in [-0.2, -0.15) is 0 Å². The van der Waals surface area contributed by atoms with E-state index in [0.717, 1.165) is 0 Å². The summed E-state index contributed by atoms with van der Waals surface area (Å²) in [6, 6.07) is 4.38. The van der Waals surface area contributed by atoms with Gasteiger partial charge >= 0.3 is 5.97 Å². The van der Waals surface area contributed by atoms with E-state index in [0.29, 0.717) is 10.0 Å². The fraction of sp³-hybridized carbons (Fsp3) is 0.0909. The molecule has 92 valence electrons. The number of hydrogen-bond donors (Lipinski definition) is 0. The van der Waals surface area contributed by atoms with Gasteiger partial charge in [0.15, 0.2) is 11.6 Å². The van der Waals surface area contributed by atoms with Crippen molar-refractivity contribution in [3.05, 3.63) is 44.0 Å². The summed E-state index contributed by atoms with van der Waals surface area (Å²) in [5.74, 6) is -0.300. The van der Waals surface area contributed by atoms with E-state index in [1.165, 1.54) is 18.2 Å². The fourth-order valence-corrected chi connectivity index (χ4v) is 1.96. The smallest absolute Gasteiger partial charge is 0.363 e. The lowest BCUT2D eigenvalue weighted by Crippen LogP contribution is -1.99. The standard InChI is InChI=1S/C11H7BrN2O4/c1-6-13-10(11(15)18-6)4-7-2-8(12)5-9(3-7)14(16)17/h2-5H,1H3/b10-4+. The van der Waals surface area contributed by atoms with Crippen LogP contribution in [0.3, 0.4) is 0 Å². The normalized spacial score (nSPS) is 16.7. The number of carbonyl (C=O) groups excluding carboxylic acids is 1. The van der Waals surface area contributed by atoms with Gasteiger partial charge in [0.25, 0.3) is 5.69 Å². The fourth-order valence-electron chi connectivity index (χ4n) is 1.46. The van der Waals surface area contributed by atoms with Gasteiger partial charge in [0.1, 0.15) is 0 Å². The molecule has 0 bridgehead atoms. The number of non-ortho nitro benzene ring substituents is 1. The molecule has 0 N–H and O–H groups in total. The van der Waals surface area contributed by atoms with Crippen LogP contribution in [-0.2, 0) is 9.53 Å². The Hall–Kier alpha value is -2.02. The Balaban J connectivity index is 2.43. The first-order valence-electron chi connectivity index (χ1n) is 4.90. The Kier molecular flexibility index (Phi) is 3.24. The predicted octanol–water partition coefficient (Wildman–Crippen LogP) is 2.67. The molecule has 1 aromatic rings. The number of carbonyl (C=O) groups is 1. The van der Waals surface area contributed by atoms with Crippen LogP contribution < -0.4 is 0 Å². The molecule has 0 aromatic heterocycles. The number of ether oxygens (including phenoxy) is 1. The Morgan fingerprint density at radius 2 is 2.17 bits per heavy atom. The lowest BCUT2D eigenvalue weighted by atomic mass is 10.1. The highest BCUT2D eigenvalue weighted by atomic mass is 79.9. The van der Waals surface area contributed by atoms with Crippen LogP contribution in [-0.4, -0.2) is 16.8 Å². The summed E-state index contributed by atoms with van der Waals surface area (Å²) in [7, 11) is 0. The number of aliphatic imine (C=N–C) groups is 1. The van der Waals surface area contributed by atoms with Crippen molar-refractivity contribution in [3.8, 4) is 0 Å². The maximum absolute atomic E-state index is 11.3. The zero-order valence-corrected chi connectivity index (χ0v) is 10.8. The minimum Gasteiger partial charge on any atom is -0.407 e. The summed E-state index contributed by atoms with van der Waals surface area (Å²) >= 11 is 3.17. The molecule has 0 atom stereocenters. The summed E-state index contributed by atoms with van der Waals surface area (Å²) in [6.07, 6.45) is 1.44. The van der Waals surface area contributed by atoms with E-state index in [4.69, 9.17) is 4.74 Å². The monoisotopic (exact) mass is 310 g/mol. The van der Waals surface area contributed by atoms with Crippen LogP contribution in [0.2, 0.25) is 0 Å². The summed E-state index contributed by atoms with van der Waals surface area (Å²) in [5.41, 5.74) is 0.560. The first kappa shape index (κ1) is 12.4. The Morgan fingerprint density at radius 3 is 2.72 bits per heavy atom. The van der Waals surface area contributed by atoms with Crippen LogP contribution in [0.4, 0.5) is 5.69 Å². The molecule has 1 heterocycles. The van der Waals surface area contributed by atoms with Crippen molar-refractivity contribution in [3.63, 3.8) is 0 Å². The van der Waals surface area contributed by atoms with Gasteiger partial charge in [-0.1, -0.05) is 15.9 Å². The van der Waals surface area contributed by atoms with E-state index in [2.05, 4.69) is 20.9 Å². The highest BCUT2D eigenvalue weighted by Crippen LogP contribution is 2.24. The van der Waals surface area contributed by atoms with Crippen molar-refractivity contribution in [1.82, 2.24) is 0 Å². The number of halogens is 1. The highest BCUT2D eigenvalue weighted by Gasteiger charge is 2.20. The SMILES string of the molecule is CC1=N/C(=C/c2cc(Br)cc([N+](=O)[O-])c2)C(=O)O1. The second-order valence-corrected chi connectivity index (χ2v) is 4.47. The Labute approximate surface area is 110 Å². The molecule has 0 unspecified atom stereocenters. The van der Waals surface area contributed by atoms with E-state index >= 15 is 0 Å². The van der Waals surface area contributed by atoms with Gasteiger partial charge in [-0.25, -0.2) is 9.79 Å². The van der Waals surface area contributed by atoms with Gasteiger partial charge in [0.05, 0.1) is 4.92 Å². The highest BCUT2D eigenvalue weighted by molar-refractivity contribution is 9.10. The van der Waals surface area contributed by atoms with E-state index < -0.39 is 10.9 Å². The number of rotatable bonds is 2. The summed E-state index contributed by atoms with van der Waals surface area (Å²) in [5, 5.41) is 10.7. The third kappa shape index (κ3) is 2.62. The van der Waals surface area contributed by atoms with Gasteiger partial charge in [-0.3, -0.25) is 10.1 Å². The van der Waals surface area contributed by atoms with Gasteiger partial charge in [-0.05, 0) is 17.7 Å². The average molecular weight is 311 g/mol. The predicted molar refractivity (Wildman–Crippen MR) is 68.0 cm³/mol. The minimum absolute atomic E-state index is 0.0664. The quantitative estimate of drug-likeness (QED) is 0.364. The molecular formula is C11H7BrN2O4. The topological polar surface area (TPSA) is 81.8 Å². The van der Waals surface area contributed by atoms with Crippen molar-refractivity contribution >= 4 is 39.6 Å². The van der Waals surface area contributed by atoms with Crippen LogP contribution in [0.15, 0.2) is 33.4 Å². The molecule has 6 nitrogen and oxygen atoms in total. The third-order valence-corrected chi connectivity index (χ3v) is 2.60. The van der Waals surface area contributed by atoms with Gasteiger partial charge in [-0.15, -0.1) is 0 Å². The first-order valence-corrected chi connectivity index (χ1v) is 5.69. The lowest BCUT2D eigenvalue weighted by molar-refractivity contribution is -0.384. The average Bonchev–Trinajstić information content (AvgIpc) is 2.56. The zero-order valence-electron chi connectivity index (χ0n) is 9.21. The van der Waals surface area contributed by atoms with E-state index in [-0.39, 0.29) is 17.3 Å². The molecule has 0 spiro atoms. The largest absolute Gasteiger partial charge is 0.407 e. The third-order valence-electron chi connectivity index (χ3n) is 2.15. The first-order chi connectivity index (χ1) is 8.45. The number of esters is 1. The maximum Gasteiger partial charge on any atom is 0.363 e. The molecule has 1 aliphatic rings. The Bertz CT molecular complexity index is 607. The molecule has 1 aromatic carbocycles. The summed E-state index contributed by atoms with van der Waals surface area (Å²) in [6.45, 7) is 1.56. The van der Waals surface area contributed by atoms with Crippen molar-refractivity contribution in [1.29, 1.82) is 0 Å². The number of benzene rings is 1. The van der Waals surface area contributed by atoms with Gasteiger partial charge in [0.2, 0.25) is 0 Å². The van der Waals surface area contributed by atoms with E-state index in [9.17, 15) is 14.9 Å². The van der Waals surface area contributed by atoms with Crippen molar-refractivity contribution in [2.45, 2.75) is 6.92 Å².